The van der Waals surface area contributed by atoms with E-state index in [0.29, 0.717) is 54.3 Å². The number of rotatable bonds is 11. The van der Waals surface area contributed by atoms with E-state index < -0.39 is 4.92 Å². The van der Waals surface area contributed by atoms with Gasteiger partial charge in [0.15, 0.2) is 42.1 Å². The Bertz CT molecular complexity index is 1970. The van der Waals surface area contributed by atoms with Gasteiger partial charge in [0.25, 0.3) is 0 Å². The summed E-state index contributed by atoms with van der Waals surface area (Å²) in [4.78, 5) is 17.1. The first-order chi connectivity index (χ1) is 22.4. The quantitative estimate of drug-likeness (QED) is 0.118. The van der Waals surface area contributed by atoms with Crippen LogP contribution < -0.4 is 35.9 Å². The van der Waals surface area contributed by atoms with Gasteiger partial charge in [-0.05, 0) is 57.8 Å². The van der Waals surface area contributed by atoms with Crippen LogP contribution in [-0.2, 0) is 26.1 Å². The minimum absolute atomic E-state index is 0. The van der Waals surface area contributed by atoms with Crippen LogP contribution in [-0.4, -0.2) is 53.0 Å². The number of pyridine rings is 1. The molecule has 0 fully saturated rings. The van der Waals surface area contributed by atoms with E-state index in [1.54, 1.807) is 13.2 Å². The minimum atomic E-state index is -0.434. The molecule has 11 nitrogen and oxygen atoms in total. The lowest BCUT2D eigenvalue weighted by molar-refractivity contribution is -0.686. The number of nitrogens with zero attached hydrogens (tertiary/aromatic N) is 5. The van der Waals surface area contributed by atoms with Gasteiger partial charge in [0.1, 0.15) is 19.3 Å². The number of benzene rings is 3. The Kier molecular flexibility index (Phi) is 9.60. The highest BCUT2D eigenvalue weighted by atomic mass is 35.5. The van der Waals surface area contributed by atoms with E-state index in [0.717, 1.165) is 52.1 Å². The van der Waals surface area contributed by atoms with Gasteiger partial charge in [0.2, 0.25) is 12.5 Å². The van der Waals surface area contributed by atoms with Crippen LogP contribution in [0, 0.1) is 10.1 Å². The molecule has 0 N–H and O–H groups in total. The summed E-state index contributed by atoms with van der Waals surface area (Å²) < 4.78 is 27.3. The Morgan fingerprint density at radius 3 is 2.70 bits per heavy atom. The number of fused-ring (bicyclic) bond motifs is 5. The topological polar surface area (TPSA) is 105 Å². The molecular weight excluding hydrogens is 669 g/mol. The molecule has 5 aromatic rings. The predicted molar refractivity (Wildman–Crippen MR) is 172 cm³/mol. The fourth-order valence-corrected chi connectivity index (χ4v) is 6.36. The number of aromatic nitrogens is 3. The van der Waals surface area contributed by atoms with Crippen LogP contribution in [0.3, 0.4) is 0 Å². The molecule has 0 radical (unpaired) electrons. The predicted octanol–water partition coefficient (Wildman–Crippen LogP) is 3.08. The van der Waals surface area contributed by atoms with Gasteiger partial charge in [-0.3, -0.25) is 4.90 Å². The summed E-state index contributed by atoms with van der Waals surface area (Å²) in [5, 5.41) is 14.3. The van der Waals surface area contributed by atoms with Crippen molar-refractivity contribution in [2.75, 3.05) is 33.6 Å². The summed E-state index contributed by atoms with van der Waals surface area (Å²) in [5.74, 6) is 2.80. The number of hydrogen-bond acceptors (Lipinski definition) is 8. The minimum Gasteiger partial charge on any atom is -1.00 e. The standard InChI is InChI=1S/C33H30Cl2N5O6.ClH/c1-43-29-5-3-22-13-28-24-15-31-30(45-20-46-31)14-23(24)6-7-38(28)18-25(22)33(29)44-11-10-37(17-21-2-4-26(34)27(35)12-21)8-9-39-19-36-16-32(39)40(41)42;/h2-5,12-16,18-19H,6-11,17,20H2,1H3;1H/q+1;/p-1. The molecule has 47 heavy (non-hydrogen) atoms. The van der Waals surface area contributed by atoms with Gasteiger partial charge in [0, 0.05) is 32.1 Å². The third-order valence-electron chi connectivity index (χ3n) is 8.38. The molecule has 0 atom stereocenters. The van der Waals surface area contributed by atoms with Crippen LogP contribution >= 0.6 is 23.2 Å². The highest BCUT2D eigenvalue weighted by Crippen LogP contribution is 2.41. The molecule has 14 heteroatoms. The number of aryl methyl sites for hydroxylation is 2. The monoisotopic (exact) mass is 697 g/mol. The van der Waals surface area contributed by atoms with E-state index in [4.69, 9.17) is 42.1 Å². The zero-order valence-corrected chi connectivity index (χ0v) is 27.6. The maximum atomic E-state index is 11.4. The first-order valence-corrected chi connectivity index (χ1v) is 15.5. The Hall–Kier alpha value is -4.29. The van der Waals surface area contributed by atoms with Gasteiger partial charge in [-0.2, -0.15) is 4.57 Å². The summed E-state index contributed by atoms with van der Waals surface area (Å²) in [6, 6.07) is 15.8. The molecule has 0 saturated carbocycles. The lowest BCUT2D eigenvalue weighted by Crippen LogP contribution is -3.00. The molecule has 244 valence electrons. The second kappa shape index (κ2) is 13.8. The van der Waals surface area contributed by atoms with E-state index >= 15 is 0 Å². The van der Waals surface area contributed by atoms with Crippen molar-refractivity contribution in [3.63, 3.8) is 0 Å². The molecule has 0 saturated heterocycles. The number of halogens is 3. The molecule has 0 aliphatic carbocycles. The number of hydrogen-bond donors (Lipinski definition) is 0. The van der Waals surface area contributed by atoms with Crippen LogP contribution in [0.5, 0.6) is 23.0 Å². The number of imidazole rings is 1. The summed E-state index contributed by atoms with van der Waals surface area (Å²) >= 11 is 12.4. The zero-order valence-electron chi connectivity index (χ0n) is 25.3. The van der Waals surface area contributed by atoms with Crippen LogP contribution in [0.15, 0.2) is 67.3 Å². The lowest BCUT2D eigenvalue weighted by Gasteiger charge is -2.23. The highest BCUT2D eigenvalue weighted by molar-refractivity contribution is 6.42. The summed E-state index contributed by atoms with van der Waals surface area (Å²) in [6.45, 7) is 3.35. The molecule has 2 aromatic heterocycles. The van der Waals surface area contributed by atoms with Crippen LogP contribution in [0.4, 0.5) is 5.82 Å². The summed E-state index contributed by atoms with van der Waals surface area (Å²) in [5.41, 5.74) is 4.43. The smallest absolute Gasteiger partial charge is 0.342 e. The van der Waals surface area contributed by atoms with Gasteiger partial charge < -0.3 is 41.5 Å². The average Bonchev–Trinajstić information content (AvgIpc) is 3.73. The molecule has 4 heterocycles. The molecule has 7 rings (SSSR count). The second-order valence-corrected chi connectivity index (χ2v) is 12.0. The van der Waals surface area contributed by atoms with Gasteiger partial charge in [-0.15, -0.1) is 0 Å². The fraction of sp³-hybridized carbons (Fsp3) is 0.273. The summed E-state index contributed by atoms with van der Waals surface area (Å²) in [7, 11) is 1.63. The molecule has 0 bridgehead atoms. The van der Waals surface area contributed by atoms with E-state index in [9.17, 15) is 10.1 Å². The van der Waals surface area contributed by atoms with Crippen molar-refractivity contribution in [2.45, 2.75) is 26.1 Å². The molecule has 3 aromatic carbocycles. The Labute approximate surface area is 286 Å². The number of nitro groups is 1. The average molecular weight is 699 g/mol. The Balaban J connectivity index is 0.00000386. The second-order valence-electron chi connectivity index (χ2n) is 11.1. The van der Waals surface area contributed by atoms with Gasteiger partial charge in [-0.25, -0.2) is 9.55 Å². The van der Waals surface area contributed by atoms with Crippen molar-refractivity contribution in [3.8, 4) is 34.3 Å². The largest absolute Gasteiger partial charge is 1.00 e. The van der Waals surface area contributed by atoms with Gasteiger partial charge in [-0.1, -0.05) is 29.3 Å². The zero-order chi connectivity index (χ0) is 31.8. The van der Waals surface area contributed by atoms with Crippen molar-refractivity contribution >= 4 is 39.8 Å². The number of ether oxygens (including phenoxy) is 4. The maximum absolute atomic E-state index is 11.4. The third-order valence-corrected chi connectivity index (χ3v) is 9.11. The SMILES string of the molecule is COc1ccc2cc3[n+](cc2c1OCCN(CCn1cncc1[N+](=O)[O-])Cc1ccc(Cl)c(Cl)c1)CCc1cc2c(cc1-3)OCO2.[Cl-]. The third kappa shape index (κ3) is 6.62. The van der Waals surface area contributed by atoms with Crippen molar-refractivity contribution < 1.29 is 40.8 Å². The van der Waals surface area contributed by atoms with Crippen molar-refractivity contribution in [3.05, 3.63) is 98.5 Å². The van der Waals surface area contributed by atoms with E-state index in [-0.39, 0.29) is 25.0 Å². The van der Waals surface area contributed by atoms with Crippen molar-refractivity contribution in [2.24, 2.45) is 0 Å². The Morgan fingerprint density at radius 1 is 1.09 bits per heavy atom. The first kappa shape index (κ1) is 32.6. The van der Waals surface area contributed by atoms with Crippen molar-refractivity contribution in [1.82, 2.24) is 14.5 Å². The Morgan fingerprint density at radius 2 is 1.91 bits per heavy atom. The lowest BCUT2D eigenvalue weighted by atomic mass is 9.95. The summed E-state index contributed by atoms with van der Waals surface area (Å²) in [6.07, 6.45) is 5.72. The first-order valence-electron chi connectivity index (χ1n) is 14.8. The molecule has 2 aliphatic rings. The van der Waals surface area contributed by atoms with Crippen LogP contribution in [0.25, 0.3) is 22.0 Å². The molecule has 2 aliphatic heterocycles. The van der Waals surface area contributed by atoms with Gasteiger partial charge >= 0.3 is 5.82 Å². The van der Waals surface area contributed by atoms with Crippen molar-refractivity contribution in [1.29, 1.82) is 0 Å². The van der Waals surface area contributed by atoms with Crippen LogP contribution in [0.1, 0.15) is 11.1 Å². The van der Waals surface area contributed by atoms with E-state index in [1.807, 2.05) is 24.3 Å². The highest BCUT2D eigenvalue weighted by Gasteiger charge is 2.29. The fourth-order valence-electron chi connectivity index (χ4n) is 6.04. The maximum Gasteiger partial charge on any atom is 0.342 e. The van der Waals surface area contributed by atoms with E-state index in [1.165, 1.54) is 22.7 Å². The van der Waals surface area contributed by atoms with E-state index in [2.05, 4.69) is 38.8 Å². The normalized spacial score (nSPS) is 12.9. The number of methoxy groups -OCH3 is 1. The van der Waals surface area contributed by atoms with Gasteiger partial charge in [0.05, 0.1) is 28.1 Å². The molecule has 0 spiro atoms. The van der Waals surface area contributed by atoms with Crippen LogP contribution in [0.2, 0.25) is 10.0 Å². The molecule has 0 amide bonds. The molecule has 0 unspecified atom stereocenters. The molecular formula is C33H30Cl3N5O6.